The van der Waals surface area contributed by atoms with Crippen LogP contribution in [0.25, 0.3) is 0 Å². The maximum absolute atomic E-state index is 12.0. The minimum atomic E-state index is -3.85. The van der Waals surface area contributed by atoms with Gasteiger partial charge >= 0.3 is 0 Å². The minimum Gasteiger partial charge on any atom is -0.500 e. The Hall–Kier alpha value is -1.41. The van der Waals surface area contributed by atoms with Crippen LogP contribution in [0.15, 0.2) is 16.0 Å². The number of ether oxygens (including phenoxy) is 1. The lowest BCUT2D eigenvalue weighted by atomic mass is 10.2. The topological polar surface area (TPSA) is 85.4 Å². The molecule has 1 amide bonds. The lowest BCUT2D eigenvalue weighted by molar-refractivity contribution is -0.115. The SMILES string of the molecule is Cc1nc(C)c(S(=O)(=O)NC(=O)C2=COCC2)s1. The first-order valence-corrected chi connectivity index (χ1v) is 7.52. The molecule has 0 spiro atoms. The Balaban J connectivity index is 2.22. The first-order chi connectivity index (χ1) is 8.40. The summed E-state index contributed by atoms with van der Waals surface area (Å²) < 4.78 is 31.0. The molecule has 2 heterocycles. The van der Waals surface area contributed by atoms with Gasteiger partial charge in [-0.05, 0) is 13.8 Å². The summed E-state index contributed by atoms with van der Waals surface area (Å²) in [7, 11) is -3.85. The average molecular weight is 288 g/mol. The van der Waals surface area contributed by atoms with E-state index in [0.717, 1.165) is 11.3 Å². The highest BCUT2D eigenvalue weighted by Gasteiger charge is 2.25. The van der Waals surface area contributed by atoms with Crippen molar-refractivity contribution in [3.8, 4) is 0 Å². The van der Waals surface area contributed by atoms with Gasteiger partial charge in [0, 0.05) is 6.42 Å². The highest BCUT2D eigenvalue weighted by Crippen LogP contribution is 2.23. The molecule has 6 nitrogen and oxygen atoms in total. The molecule has 1 aliphatic rings. The Morgan fingerprint density at radius 3 is 2.72 bits per heavy atom. The Labute approximate surface area is 109 Å². The number of hydrogen-bond acceptors (Lipinski definition) is 6. The van der Waals surface area contributed by atoms with Gasteiger partial charge in [0.25, 0.3) is 15.9 Å². The van der Waals surface area contributed by atoms with Crippen molar-refractivity contribution < 1.29 is 17.9 Å². The van der Waals surface area contributed by atoms with Crippen molar-refractivity contribution in [3.63, 3.8) is 0 Å². The Bertz CT molecular complexity index is 616. The smallest absolute Gasteiger partial charge is 0.275 e. The molecule has 2 rings (SSSR count). The summed E-state index contributed by atoms with van der Waals surface area (Å²) in [6, 6.07) is 0. The van der Waals surface area contributed by atoms with E-state index in [0.29, 0.717) is 29.3 Å². The molecule has 0 atom stereocenters. The van der Waals surface area contributed by atoms with Crippen molar-refractivity contribution in [2.75, 3.05) is 6.61 Å². The quantitative estimate of drug-likeness (QED) is 0.892. The number of carbonyl (C=O) groups excluding carboxylic acids is 1. The maximum Gasteiger partial charge on any atom is 0.275 e. The van der Waals surface area contributed by atoms with Crippen molar-refractivity contribution in [2.45, 2.75) is 24.5 Å². The van der Waals surface area contributed by atoms with Crippen LogP contribution in [0.5, 0.6) is 0 Å². The van der Waals surface area contributed by atoms with Gasteiger partial charge < -0.3 is 4.74 Å². The number of aromatic nitrogens is 1. The second kappa shape index (κ2) is 4.69. The number of thiazole rings is 1. The molecule has 98 valence electrons. The third kappa shape index (κ3) is 2.54. The van der Waals surface area contributed by atoms with E-state index in [-0.39, 0.29) is 4.21 Å². The molecule has 1 aromatic heterocycles. The highest BCUT2D eigenvalue weighted by atomic mass is 32.2. The molecular weight excluding hydrogens is 276 g/mol. The van der Waals surface area contributed by atoms with Crippen molar-refractivity contribution >= 4 is 27.3 Å². The maximum atomic E-state index is 12.0. The Morgan fingerprint density at radius 2 is 2.22 bits per heavy atom. The largest absolute Gasteiger partial charge is 0.500 e. The van der Waals surface area contributed by atoms with Crippen LogP contribution in [-0.2, 0) is 19.6 Å². The van der Waals surface area contributed by atoms with E-state index in [1.54, 1.807) is 13.8 Å². The zero-order valence-electron chi connectivity index (χ0n) is 9.89. The van der Waals surface area contributed by atoms with E-state index in [4.69, 9.17) is 4.74 Å². The van der Waals surface area contributed by atoms with Gasteiger partial charge in [-0.1, -0.05) is 0 Å². The van der Waals surface area contributed by atoms with Gasteiger partial charge in [-0.25, -0.2) is 18.1 Å². The van der Waals surface area contributed by atoms with E-state index in [9.17, 15) is 13.2 Å². The van der Waals surface area contributed by atoms with E-state index in [1.165, 1.54) is 6.26 Å². The monoisotopic (exact) mass is 288 g/mol. The fourth-order valence-corrected chi connectivity index (χ4v) is 4.02. The number of carbonyl (C=O) groups is 1. The van der Waals surface area contributed by atoms with Crippen LogP contribution in [0, 0.1) is 13.8 Å². The van der Waals surface area contributed by atoms with Crippen molar-refractivity contribution in [1.82, 2.24) is 9.71 Å². The zero-order chi connectivity index (χ0) is 13.3. The van der Waals surface area contributed by atoms with Crippen molar-refractivity contribution in [2.24, 2.45) is 0 Å². The van der Waals surface area contributed by atoms with Crippen LogP contribution in [0.3, 0.4) is 0 Å². The summed E-state index contributed by atoms with van der Waals surface area (Å²) in [4.78, 5) is 15.7. The summed E-state index contributed by atoms with van der Waals surface area (Å²) in [5.41, 5.74) is 0.729. The summed E-state index contributed by atoms with van der Waals surface area (Å²) in [5.74, 6) is -0.641. The molecule has 0 radical (unpaired) electrons. The van der Waals surface area contributed by atoms with E-state index in [2.05, 4.69) is 4.98 Å². The molecule has 8 heteroatoms. The van der Waals surface area contributed by atoms with Gasteiger partial charge in [0.15, 0.2) is 4.21 Å². The second-order valence-corrected chi connectivity index (χ2v) is 6.89. The standard InChI is InChI=1S/C10H12N2O4S2/c1-6-10(17-7(2)11-6)18(14,15)12-9(13)8-3-4-16-5-8/h5H,3-4H2,1-2H3,(H,12,13). The lowest BCUT2D eigenvalue weighted by Crippen LogP contribution is -2.31. The van der Waals surface area contributed by atoms with Crippen LogP contribution in [0.4, 0.5) is 0 Å². The van der Waals surface area contributed by atoms with Crippen LogP contribution in [0.2, 0.25) is 0 Å². The summed E-state index contributed by atoms with van der Waals surface area (Å²) in [5, 5.41) is 0.642. The molecule has 0 fully saturated rings. The summed E-state index contributed by atoms with van der Waals surface area (Å²) in [6.07, 6.45) is 1.71. The van der Waals surface area contributed by atoms with Crippen molar-refractivity contribution in [1.29, 1.82) is 0 Å². The molecule has 1 aromatic rings. The molecule has 1 aliphatic heterocycles. The fourth-order valence-electron chi connectivity index (χ4n) is 1.55. The average Bonchev–Trinajstić information content (AvgIpc) is 2.86. The van der Waals surface area contributed by atoms with Crippen LogP contribution in [0.1, 0.15) is 17.1 Å². The molecule has 0 unspecified atom stereocenters. The molecule has 18 heavy (non-hydrogen) atoms. The van der Waals surface area contributed by atoms with E-state index >= 15 is 0 Å². The van der Waals surface area contributed by atoms with Gasteiger partial charge in [0.05, 0.1) is 29.1 Å². The number of sulfonamides is 1. The summed E-state index contributed by atoms with van der Waals surface area (Å²) >= 11 is 1.04. The van der Waals surface area contributed by atoms with E-state index < -0.39 is 15.9 Å². The molecule has 0 bridgehead atoms. The summed E-state index contributed by atoms with van der Waals surface area (Å²) in [6.45, 7) is 3.72. The van der Waals surface area contributed by atoms with Gasteiger partial charge in [-0.2, -0.15) is 0 Å². The first kappa shape index (κ1) is 13.0. The van der Waals surface area contributed by atoms with E-state index in [1.807, 2.05) is 4.72 Å². The predicted molar refractivity (Wildman–Crippen MR) is 65.6 cm³/mol. The number of aryl methyl sites for hydroxylation is 2. The fraction of sp³-hybridized carbons (Fsp3) is 0.400. The predicted octanol–water partition coefficient (Wildman–Crippen LogP) is 0.869. The van der Waals surface area contributed by atoms with Gasteiger partial charge in [-0.3, -0.25) is 4.79 Å². The Morgan fingerprint density at radius 1 is 1.50 bits per heavy atom. The number of nitrogens with one attached hydrogen (secondary N) is 1. The Kier molecular flexibility index (Phi) is 3.40. The molecule has 1 N–H and O–H groups in total. The van der Waals surface area contributed by atoms with Gasteiger partial charge in [0.2, 0.25) is 0 Å². The first-order valence-electron chi connectivity index (χ1n) is 5.22. The molecule has 0 aliphatic carbocycles. The molecule has 0 saturated heterocycles. The number of amides is 1. The number of nitrogens with zero attached hydrogens (tertiary/aromatic N) is 1. The molecule has 0 aromatic carbocycles. The third-order valence-electron chi connectivity index (χ3n) is 2.34. The second-order valence-electron chi connectivity index (χ2n) is 3.80. The van der Waals surface area contributed by atoms with Crippen LogP contribution < -0.4 is 4.72 Å². The normalized spacial score (nSPS) is 15.1. The number of rotatable bonds is 3. The van der Waals surface area contributed by atoms with Gasteiger partial charge in [0.1, 0.15) is 0 Å². The van der Waals surface area contributed by atoms with Gasteiger partial charge in [-0.15, -0.1) is 11.3 Å². The zero-order valence-corrected chi connectivity index (χ0v) is 11.5. The molecule has 0 saturated carbocycles. The van der Waals surface area contributed by atoms with Crippen LogP contribution in [-0.4, -0.2) is 25.9 Å². The highest BCUT2D eigenvalue weighted by molar-refractivity contribution is 7.92. The lowest BCUT2D eigenvalue weighted by Gasteiger charge is -2.04. The van der Waals surface area contributed by atoms with Crippen molar-refractivity contribution in [3.05, 3.63) is 22.5 Å². The number of hydrogen-bond donors (Lipinski definition) is 1. The molecular formula is C10H12N2O4S2. The minimum absolute atomic E-state index is 0.0767. The third-order valence-corrected chi connectivity index (χ3v) is 5.35. The van der Waals surface area contributed by atoms with Crippen LogP contribution >= 0.6 is 11.3 Å².